The Hall–Kier alpha value is -2.67. The Kier molecular flexibility index (Phi) is 7.75. The predicted molar refractivity (Wildman–Crippen MR) is 110 cm³/mol. The molecule has 1 unspecified atom stereocenters. The molecule has 148 valence electrons. The summed E-state index contributed by atoms with van der Waals surface area (Å²) < 4.78 is 4.80. The summed E-state index contributed by atoms with van der Waals surface area (Å²) in [4.78, 5) is 39.0. The quantitative estimate of drug-likeness (QED) is 0.488. The molecule has 0 fully saturated rings. The van der Waals surface area contributed by atoms with Crippen molar-refractivity contribution in [3.8, 4) is 5.75 Å². The number of pyridine rings is 1. The van der Waals surface area contributed by atoms with Crippen LogP contribution in [0.25, 0.3) is 0 Å². The van der Waals surface area contributed by atoms with E-state index in [1.54, 1.807) is 31.3 Å². The van der Waals surface area contributed by atoms with Crippen LogP contribution in [0.4, 0.5) is 0 Å². The molecule has 6 nitrogen and oxygen atoms in total. The van der Waals surface area contributed by atoms with E-state index in [9.17, 15) is 14.4 Å². The van der Waals surface area contributed by atoms with Crippen LogP contribution in [-0.4, -0.2) is 40.7 Å². The number of ether oxygens (including phenoxy) is 1. The maximum atomic E-state index is 12.2. The van der Waals surface area contributed by atoms with Crippen LogP contribution in [0.5, 0.6) is 5.75 Å². The summed E-state index contributed by atoms with van der Waals surface area (Å²) in [7, 11) is 0. The highest BCUT2D eigenvalue weighted by atomic mass is 32.2. The van der Waals surface area contributed by atoms with E-state index in [0.717, 1.165) is 17.5 Å². The number of carbonyl (C=O) groups is 3. The second-order valence-electron chi connectivity index (χ2n) is 6.46. The van der Waals surface area contributed by atoms with Gasteiger partial charge in [-0.3, -0.25) is 24.7 Å². The summed E-state index contributed by atoms with van der Waals surface area (Å²) >= 11 is 1.38. The first-order valence-corrected chi connectivity index (χ1v) is 10.1. The summed E-state index contributed by atoms with van der Waals surface area (Å²) in [6, 6.07) is 10.8. The first-order chi connectivity index (χ1) is 13.4. The largest absolute Gasteiger partial charge is 0.485 e. The fourth-order valence-electron chi connectivity index (χ4n) is 2.57. The third kappa shape index (κ3) is 5.66. The number of ketones is 1. The molecule has 0 saturated heterocycles. The van der Waals surface area contributed by atoms with Gasteiger partial charge >= 0.3 is 0 Å². The smallest absolute Gasteiger partial charge is 0.242 e. The zero-order valence-electron chi connectivity index (χ0n) is 16.2. The van der Waals surface area contributed by atoms with E-state index >= 15 is 0 Å². The maximum Gasteiger partial charge on any atom is 0.242 e. The number of aryl methyl sites for hydroxylation is 1. The topological polar surface area (TPSA) is 85.4 Å². The molecular formula is C21H24N2O4S. The van der Waals surface area contributed by atoms with E-state index in [4.69, 9.17) is 4.74 Å². The van der Waals surface area contributed by atoms with E-state index in [-0.39, 0.29) is 18.3 Å². The summed E-state index contributed by atoms with van der Waals surface area (Å²) in [6.07, 6.45) is 5.26. The van der Waals surface area contributed by atoms with Crippen LogP contribution in [0.3, 0.4) is 0 Å². The van der Waals surface area contributed by atoms with Crippen LogP contribution in [0.1, 0.15) is 35.5 Å². The minimum absolute atomic E-state index is 0.0952. The van der Waals surface area contributed by atoms with Crippen molar-refractivity contribution in [2.75, 3.05) is 12.9 Å². The van der Waals surface area contributed by atoms with Gasteiger partial charge in [-0.1, -0.05) is 25.1 Å². The molecule has 2 amide bonds. The van der Waals surface area contributed by atoms with Gasteiger partial charge in [-0.2, -0.15) is 0 Å². The summed E-state index contributed by atoms with van der Waals surface area (Å²) in [5, 5.41) is 2.22. The molecule has 0 aliphatic rings. The molecule has 1 aromatic heterocycles. The molecule has 2 aromatic rings. The number of hydrogen-bond acceptors (Lipinski definition) is 6. The third-order valence-corrected chi connectivity index (χ3v) is 5.71. The number of rotatable bonds is 10. The number of nitrogens with zero attached hydrogens (tertiary/aromatic N) is 1. The lowest BCUT2D eigenvalue weighted by Crippen LogP contribution is -2.42. The number of hydrogen-bond donors (Lipinski definition) is 1. The Balaban J connectivity index is 1.95. The van der Waals surface area contributed by atoms with Crippen molar-refractivity contribution in [1.82, 2.24) is 10.3 Å². The van der Waals surface area contributed by atoms with E-state index in [2.05, 4.69) is 10.3 Å². The standard InChI is InChI=1S/C21H24N2O4S/c1-4-15-7-10-18(22-12-15)19(25)13-27-17-8-5-16(6-9-17)11-21(2,28-3)20(26)23-14-24/h5-10,12,14H,4,11,13H2,1-3H3,(H,23,24,26). The number of benzene rings is 1. The molecule has 0 radical (unpaired) electrons. The maximum absolute atomic E-state index is 12.2. The lowest BCUT2D eigenvalue weighted by molar-refractivity contribution is -0.126. The van der Waals surface area contributed by atoms with Crippen molar-refractivity contribution >= 4 is 29.9 Å². The van der Waals surface area contributed by atoms with Gasteiger partial charge in [0, 0.05) is 6.20 Å². The van der Waals surface area contributed by atoms with Crippen LogP contribution in [0.2, 0.25) is 0 Å². The minimum atomic E-state index is -0.754. The second-order valence-corrected chi connectivity index (χ2v) is 7.77. The Morgan fingerprint density at radius 2 is 1.86 bits per heavy atom. The molecule has 0 saturated carbocycles. The Morgan fingerprint density at radius 3 is 2.39 bits per heavy atom. The van der Waals surface area contributed by atoms with Crippen molar-refractivity contribution in [1.29, 1.82) is 0 Å². The number of imide groups is 1. The number of carbonyl (C=O) groups excluding carboxylic acids is 3. The van der Waals surface area contributed by atoms with Crippen LogP contribution >= 0.6 is 11.8 Å². The lowest BCUT2D eigenvalue weighted by atomic mass is 9.99. The highest BCUT2D eigenvalue weighted by molar-refractivity contribution is 8.00. The molecule has 1 atom stereocenters. The average molecular weight is 401 g/mol. The van der Waals surface area contributed by atoms with E-state index in [1.807, 2.05) is 31.4 Å². The van der Waals surface area contributed by atoms with Gasteiger partial charge in [0.1, 0.15) is 11.4 Å². The molecule has 2 rings (SSSR count). The number of amides is 2. The van der Waals surface area contributed by atoms with Gasteiger partial charge in [-0.25, -0.2) is 0 Å². The SMILES string of the molecule is CCc1ccc(C(=O)COc2ccc(CC(C)(SC)C(=O)NC=O)cc2)nc1. The van der Waals surface area contributed by atoms with Crippen LogP contribution in [0, 0.1) is 0 Å². The Morgan fingerprint density at radius 1 is 1.18 bits per heavy atom. The van der Waals surface area contributed by atoms with Gasteiger partial charge in [0.15, 0.2) is 6.61 Å². The second kappa shape index (κ2) is 10.0. The van der Waals surface area contributed by atoms with Gasteiger partial charge in [-0.05, 0) is 55.3 Å². The normalized spacial score (nSPS) is 12.7. The van der Waals surface area contributed by atoms with Gasteiger partial charge < -0.3 is 4.74 Å². The number of nitrogens with one attached hydrogen (secondary N) is 1. The fourth-order valence-corrected chi connectivity index (χ4v) is 3.12. The highest BCUT2D eigenvalue weighted by Crippen LogP contribution is 2.28. The molecule has 0 spiro atoms. The fraction of sp³-hybridized carbons (Fsp3) is 0.333. The van der Waals surface area contributed by atoms with Gasteiger partial charge in [0.05, 0.1) is 4.75 Å². The van der Waals surface area contributed by atoms with Crippen molar-refractivity contribution < 1.29 is 19.1 Å². The summed E-state index contributed by atoms with van der Waals surface area (Å²) in [6.45, 7) is 3.72. The Bertz CT molecular complexity index is 821. The van der Waals surface area contributed by atoms with E-state index in [0.29, 0.717) is 24.3 Å². The molecule has 1 aromatic carbocycles. The third-order valence-electron chi connectivity index (χ3n) is 4.47. The molecular weight excluding hydrogens is 376 g/mol. The number of thioether (sulfide) groups is 1. The molecule has 1 N–H and O–H groups in total. The van der Waals surface area contributed by atoms with Crippen molar-refractivity contribution in [2.45, 2.75) is 31.4 Å². The van der Waals surface area contributed by atoms with Gasteiger partial charge in [0.25, 0.3) is 0 Å². The van der Waals surface area contributed by atoms with Gasteiger partial charge in [-0.15, -0.1) is 11.8 Å². The first kappa shape index (κ1) is 21.6. The highest BCUT2D eigenvalue weighted by Gasteiger charge is 2.32. The molecule has 7 heteroatoms. The monoisotopic (exact) mass is 400 g/mol. The van der Waals surface area contributed by atoms with Crippen LogP contribution < -0.4 is 10.1 Å². The average Bonchev–Trinajstić information content (AvgIpc) is 2.73. The zero-order chi connectivity index (χ0) is 20.6. The van der Waals surface area contributed by atoms with Gasteiger partial charge in [0.2, 0.25) is 18.1 Å². The molecule has 0 aliphatic carbocycles. The van der Waals surface area contributed by atoms with E-state index in [1.165, 1.54) is 11.8 Å². The molecule has 0 aliphatic heterocycles. The van der Waals surface area contributed by atoms with E-state index < -0.39 is 4.75 Å². The first-order valence-electron chi connectivity index (χ1n) is 8.91. The zero-order valence-corrected chi connectivity index (χ0v) is 17.0. The predicted octanol–water partition coefficient (Wildman–Crippen LogP) is 2.84. The molecule has 0 bridgehead atoms. The van der Waals surface area contributed by atoms with Crippen LogP contribution in [-0.2, 0) is 22.4 Å². The Labute approximate surface area is 169 Å². The number of aromatic nitrogens is 1. The molecule has 28 heavy (non-hydrogen) atoms. The van der Waals surface area contributed by atoms with Crippen molar-refractivity contribution in [2.24, 2.45) is 0 Å². The van der Waals surface area contributed by atoms with Crippen molar-refractivity contribution in [3.63, 3.8) is 0 Å². The minimum Gasteiger partial charge on any atom is -0.485 e. The van der Waals surface area contributed by atoms with Crippen LogP contribution in [0.15, 0.2) is 42.6 Å². The summed E-state index contributed by atoms with van der Waals surface area (Å²) in [5.74, 6) is 0.0419. The molecule has 1 heterocycles. The lowest BCUT2D eigenvalue weighted by Gasteiger charge is -2.25. The summed E-state index contributed by atoms with van der Waals surface area (Å²) in [5.41, 5.74) is 2.38. The number of Topliss-reactive ketones (excluding diaryl/α,β-unsaturated/α-hetero) is 1. The van der Waals surface area contributed by atoms with Crippen molar-refractivity contribution in [3.05, 3.63) is 59.4 Å².